The molecule has 142 valence electrons. The van der Waals surface area contributed by atoms with Crippen molar-refractivity contribution in [2.45, 2.75) is 51.6 Å². The summed E-state index contributed by atoms with van der Waals surface area (Å²) >= 11 is 0. The van der Waals surface area contributed by atoms with E-state index in [1.54, 1.807) is 33.8 Å². The molecule has 0 aromatic carbocycles. The largest absolute Gasteiger partial charge is 0.455 e. The van der Waals surface area contributed by atoms with Crippen LogP contribution in [0.2, 0.25) is 0 Å². The van der Waals surface area contributed by atoms with Crippen molar-refractivity contribution < 1.29 is 29.3 Å². The topological polar surface area (TPSA) is 93.1 Å². The van der Waals surface area contributed by atoms with Crippen LogP contribution in [-0.4, -0.2) is 46.1 Å². The molecule has 1 saturated heterocycles. The van der Waals surface area contributed by atoms with Gasteiger partial charge in [0.05, 0.1) is 5.57 Å². The van der Waals surface area contributed by atoms with Crippen LogP contribution >= 0.6 is 0 Å². The first-order chi connectivity index (χ1) is 12.0. The highest BCUT2D eigenvalue weighted by molar-refractivity contribution is 5.93. The number of allylic oxidation sites excluding steroid dienone is 1. The molecule has 0 aromatic heterocycles. The normalized spacial score (nSPS) is 39.8. The molecule has 0 aromatic rings. The third kappa shape index (κ3) is 2.56. The predicted molar refractivity (Wildman–Crippen MR) is 95.9 cm³/mol. The van der Waals surface area contributed by atoms with E-state index in [1.807, 2.05) is 0 Å². The van der Waals surface area contributed by atoms with E-state index < -0.39 is 47.2 Å². The molecule has 1 saturated carbocycles. The first-order valence-corrected chi connectivity index (χ1v) is 8.40. The Morgan fingerprint density at radius 2 is 1.96 bits per heavy atom. The van der Waals surface area contributed by atoms with E-state index in [0.717, 1.165) is 0 Å². The molecule has 1 heterocycles. The summed E-state index contributed by atoms with van der Waals surface area (Å²) in [5.74, 6) is -2.07. The summed E-state index contributed by atoms with van der Waals surface area (Å²) in [6, 6.07) is 0. The van der Waals surface area contributed by atoms with Gasteiger partial charge in [0.25, 0.3) is 0 Å². The van der Waals surface area contributed by atoms with E-state index >= 15 is 0 Å². The van der Waals surface area contributed by atoms with Crippen LogP contribution in [-0.2, 0) is 19.1 Å². The fraction of sp³-hybridized carbons (Fsp3) is 0.500. The maximum atomic E-state index is 12.3. The van der Waals surface area contributed by atoms with Gasteiger partial charge in [-0.3, -0.25) is 0 Å². The number of carbonyl (C=O) groups is 2. The Labute approximate surface area is 153 Å². The van der Waals surface area contributed by atoms with Crippen molar-refractivity contribution in [2.75, 3.05) is 0 Å². The average molecular weight is 362 g/mol. The zero-order valence-electron chi connectivity index (χ0n) is 15.6. The van der Waals surface area contributed by atoms with Gasteiger partial charge in [0.2, 0.25) is 0 Å². The molecule has 6 atom stereocenters. The minimum absolute atomic E-state index is 0.267. The second kappa shape index (κ2) is 6.52. The van der Waals surface area contributed by atoms with Gasteiger partial charge in [-0.2, -0.15) is 0 Å². The Morgan fingerprint density at radius 1 is 1.38 bits per heavy atom. The highest BCUT2D eigenvalue weighted by Crippen LogP contribution is 2.55. The standard InChI is InChI=1S/C20H26O6/c1-8-11(5)17(22)26-16-14(21)20(24)12(6)18(23)25-15(20)13(10(3)4)19(16,7)9-2/h8-9,13-16,21,24H,2-3,6H2,1,4-5,7H3/b11-8-/t13-,14+,15+,16+,19+,20+/m1/s1. The lowest BCUT2D eigenvalue weighted by Crippen LogP contribution is -2.69. The molecule has 2 rings (SSSR count). The first kappa shape index (κ1) is 20.1. The first-order valence-electron chi connectivity index (χ1n) is 8.40. The van der Waals surface area contributed by atoms with Crippen LogP contribution in [0.15, 0.2) is 48.6 Å². The summed E-state index contributed by atoms with van der Waals surface area (Å²) in [6.07, 6.45) is -0.795. The molecule has 0 radical (unpaired) electrons. The predicted octanol–water partition coefficient (Wildman–Crippen LogP) is 1.84. The minimum atomic E-state index is -2.09. The van der Waals surface area contributed by atoms with E-state index in [9.17, 15) is 19.8 Å². The van der Waals surface area contributed by atoms with Crippen LogP contribution in [0.1, 0.15) is 27.7 Å². The molecule has 1 aliphatic carbocycles. The number of carbonyl (C=O) groups excluding carboxylic acids is 2. The van der Waals surface area contributed by atoms with Crippen molar-refractivity contribution in [3.05, 3.63) is 48.6 Å². The Kier molecular flexibility index (Phi) is 5.05. The van der Waals surface area contributed by atoms with Gasteiger partial charge < -0.3 is 19.7 Å². The zero-order valence-corrected chi connectivity index (χ0v) is 15.6. The Balaban J connectivity index is 2.64. The van der Waals surface area contributed by atoms with Crippen LogP contribution in [0.5, 0.6) is 0 Å². The Hall–Kier alpha value is -2.18. The van der Waals surface area contributed by atoms with E-state index in [0.29, 0.717) is 11.1 Å². The van der Waals surface area contributed by atoms with Crippen LogP contribution in [0.25, 0.3) is 0 Å². The van der Waals surface area contributed by atoms with Crippen LogP contribution < -0.4 is 0 Å². The number of ether oxygens (including phenoxy) is 2. The second-order valence-electron chi connectivity index (χ2n) is 7.27. The van der Waals surface area contributed by atoms with Gasteiger partial charge in [-0.15, -0.1) is 6.58 Å². The smallest absolute Gasteiger partial charge is 0.337 e. The van der Waals surface area contributed by atoms with Crippen LogP contribution in [0.4, 0.5) is 0 Å². The number of rotatable bonds is 4. The van der Waals surface area contributed by atoms with Crippen LogP contribution in [0, 0.1) is 11.3 Å². The number of aliphatic hydroxyl groups is 2. The van der Waals surface area contributed by atoms with Gasteiger partial charge in [0.1, 0.15) is 18.3 Å². The van der Waals surface area contributed by atoms with Gasteiger partial charge in [-0.25, -0.2) is 9.59 Å². The molecule has 2 fully saturated rings. The highest BCUT2D eigenvalue weighted by atomic mass is 16.6. The van der Waals surface area contributed by atoms with E-state index in [-0.39, 0.29) is 5.57 Å². The van der Waals surface area contributed by atoms with Gasteiger partial charge in [0, 0.05) is 16.9 Å². The van der Waals surface area contributed by atoms with Crippen molar-refractivity contribution in [1.29, 1.82) is 0 Å². The third-order valence-corrected chi connectivity index (χ3v) is 5.68. The van der Waals surface area contributed by atoms with E-state index in [2.05, 4.69) is 19.7 Å². The summed E-state index contributed by atoms with van der Waals surface area (Å²) in [5.41, 5.74) is -2.44. The molecule has 6 heteroatoms. The van der Waals surface area contributed by atoms with Crippen molar-refractivity contribution >= 4 is 11.9 Å². The Bertz CT molecular complexity index is 720. The minimum Gasteiger partial charge on any atom is -0.455 e. The summed E-state index contributed by atoms with van der Waals surface area (Å²) in [6.45, 7) is 18.0. The number of hydrogen-bond donors (Lipinski definition) is 2. The summed E-state index contributed by atoms with van der Waals surface area (Å²) < 4.78 is 10.9. The van der Waals surface area contributed by atoms with Crippen molar-refractivity contribution in [1.82, 2.24) is 0 Å². The zero-order chi connectivity index (χ0) is 20.0. The molecule has 6 nitrogen and oxygen atoms in total. The van der Waals surface area contributed by atoms with Gasteiger partial charge in [0.15, 0.2) is 5.60 Å². The summed E-state index contributed by atoms with van der Waals surface area (Å²) in [5, 5.41) is 22.1. The van der Waals surface area contributed by atoms with Crippen molar-refractivity contribution in [2.24, 2.45) is 11.3 Å². The molecule has 26 heavy (non-hydrogen) atoms. The molecule has 0 spiro atoms. The fourth-order valence-corrected chi connectivity index (χ4v) is 3.90. The number of aliphatic hydroxyl groups excluding tert-OH is 1. The number of esters is 2. The second-order valence-corrected chi connectivity index (χ2v) is 7.27. The lowest BCUT2D eigenvalue weighted by atomic mass is 9.56. The van der Waals surface area contributed by atoms with Gasteiger partial charge in [-0.05, 0) is 20.8 Å². The molecule has 0 amide bonds. The van der Waals surface area contributed by atoms with Gasteiger partial charge >= 0.3 is 11.9 Å². The quantitative estimate of drug-likeness (QED) is 0.450. The highest BCUT2D eigenvalue weighted by Gasteiger charge is 2.70. The molecule has 0 unspecified atom stereocenters. The Morgan fingerprint density at radius 3 is 2.42 bits per heavy atom. The SMILES string of the molecule is C=C[C@@]1(C)[C@H](C(=C)C)[C@@H]2OC(=O)C(=C)[C@]2(O)[C@@H](O)[C@@H]1OC(=O)/C(C)=C\C. The maximum absolute atomic E-state index is 12.3. The van der Waals surface area contributed by atoms with Gasteiger partial charge in [-0.1, -0.05) is 37.8 Å². The monoisotopic (exact) mass is 362 g/mol. The average Bonchev–Trinajstić information content (AvgIpc) is 2.82. The molecular formula is C20H26O6. The maximum Gasteiger partial charge on any atom is 0.337 e. The van der Waals surface area contributed by atoms with Crippen molar-refractivity contribution in [3.8, 4) is 0 Å². The van der Waals surface area contributed by atoms with Crippen molar-refractivity contribution in [3.63, 3.8) is 0 Å². The number of hydrogen-bond acceptors (Lipinski definition) is 6. The van der Waals surface area contributed by atoms with E-state index in [4.69, 9.17) is 9.47 Å². The number of fused-ring (bicyclic) bond motifs is 1. The van der Waals surface area contributed by atoms with Crippen LogP contribution in [0.3, 0.4) is 0 Å². The molecular weight excluding hydrogens is 336 g/mol. The lowest BCUT2D eigenvalue weighted by Gasteiger charge is -2.54. The lowest BCUT2D eigenvalue weighted by molar-refractivity contribution is -0.228. The fourth-order valence-electron chi connectivity index (χ4n) is 3.90. The molecule has 2 N–H and O–H groups in total. The molecule has 1 aliphatic heterocycles. The molecule has 2 aliphatic rings. The van der Waals surface area contributed by atoms with E-state index in [1.165, 1.54) is 6.08 Å². The summed E-state index contributed by atoms with van der Waals surface area (Å²) in [4.78, 5) is 24.4. The molecule has 0 bridgehead atoms. The summed E-state index contributed by atoms with van der Waals surface area (Å²) in [7, 11) is 0. The third-order valence-electron chi connectivity index (χ3n) is 5.68.